The highest BCUT2D eigenvalue weighted by Gasteiger charge is 2.20. The molecule has 2 aromatic rings. The van der Waals surface area contributed by atoms with Crippen molar-refractivity contribution in [3.63, 3.8) is 0 Å². The SMILES string of the molecule is CNC(C(=O)O)c1csc(-c2cccc(C)c2)n1. The van der Waals surface area contributed by atoms with E-state index in [9.17, 15) is 4.79 Å². The maximum Gasteiger partial charge on any atom is 0.327 e. The summed E-state index contributed by atoms with van der Waals surface area (Å²) in [5, 5.41) is 14.4. The number of nitrogens with one attached hydrogen (secondary N) is 1. The van der Waals surface area contributed by atoms with Crippen LogP contribution in [0.4, 0.5) is 0 Å². The van der Waals surface area contributed by atoms with Crippen molar-refractivity contribution < 1.29 is 9.90 Å². The summed E-state index contributed by atoms with van der Waals surface area (Å²) in [7, 11) is 1.62. The molecule has 0 bridgehead atoms. The second-order valence-corrected chi connectivity index (χ2v) is 4.87. The molecule has 0 saturated carbocycles. The Bertz CT molecular complexity index is 566. The van der Waals surface area contributed by atoms with Gasteiger partial charge in [0.15, 0.2) is 0 Å². The van der Waals surface area contributed by atoms with Gasteiger partial charge in [-0.15, -0.1) is 11.3 Å². The topological polar surface area (TPSA) is 62.2 Å². The van der Waals surface area contributed by atoms with Crippen LogP contribution in [0.5, 0.6) is 0 Å². The van der Waals surface area contributed by atoms with E-state index in [1.807, 2.05) is 31.2 Å². The lowest BCUT2D eigenvalue weighted by Crippen LogP contribution is -2.25. The summed E-state index contributed by atoms with van der Waals surface area (Å²) in [6, 6.07) is 7.26. The molecule has 94 valence electrons. The molecule has 5 heteroatoms. The molecule has 0 amide bonds. The van der Waals surface area contributed by atoms with Crippen molar-refractivity contribution in [3.05, 3.63) is 40.9 Å². The van der Waals surface area contributed by atoms with Crippen LogP contribution in [-0.4, -0.2) is 23.1 Å². The number of hydrogen-bond acceptors (Lipinski definition) is 4. The first kappa shape index (κ1) is 12.7. The fourth-order valence-electron chi connectivity index (χ4n) is 1.73. The Hall–Kier alpha value is -1.72. The Balaban J connectivity index is 2.33. The van der Waals surface area contributed by atoms with Crippen LogP contribution in [0.25, 0.3) is 10.6 Å². The number of hydrogen-bond donors (Lipinski definition) is 2. The number of likely N-dealkylation sites (N-methyl/N-ethyl adjacent to an activating group) is 1. The molecule has 0 aliphatic rings. The molecule has 1 aromatic heterocycles. The molecule has 4 nitrogen and oxygen atoms in total. The van der Waals surface area contributed by atoms with Gasteiger partial charge in [-0.2, -0.15) is 0 Å². The number of thiazole rings is 1. The van der Waals surface area contributed by atoms with Gasteiger partial charge in [0, 0.05) is 10.9 Å². The molecule has 0 saturated heterocycles. The fraction of sp³-hybridized carbons (Fsp3) is 0.231. The minimum absolute atomic E-state index is 0.548. The third-order valence-corrected chi connectivity index (χ3v) is 3.53. The van der Waals surface area contributed by atoms with Gasteiger partial charge in [0.25, 0.3) is 0 Å². The molecule has 2 N–H and O–H groups in total. The summed E-state index contributed by atoms with van der Waals surface area (Å²) >= 11 is 1.46. The van der Waals surface area contributed by atoms with Gasteiger partial charge >= 0.3 is 5.97 Å². The van der Waals surface area contributed by atoms with Crippen LogP contribution in [0.15, 0.2) is 29.6 Å². The zero-order valence-corrected chi connectivity index (χ0v) is 11.0. The second kappa shape index (κ2) is 5.29. The van der Waals surface area contributed by atoms with Gasteiger partial charge in [-0.25, -0.2) is 4.98 Å². The summed E-state index contributed by atoms with van der Waals surface area (Å²) in [6.45, 7) is 2.02. The molecular formula is C13H14N2O2S. The van der Waals surface area contributed by atoms with Crippen LogP contribution in [0.2, 0.25) is 0 Å². The zero-order valence-electron chi connectivity index (χ0n) is 10.2. The van der Waals surface area contributed by atoms with Crippen molar-refractivity contribution in [1.29, 1.82) is 0 Å². The van der Waals surface area contributed by atoms with Gasteiger partial charge in [-0.05, 0) is 20.0 Å². The van der Waals surface area contributed by atoms with Crippen molar-refractivity contribution >= 4 is 17.3 Å². The van der Waals surface area contributed by atoms with Crippen molar-refractivity contribution in [2.45, 2.75) is 13.0 Å². The minimum Gasteiger partial charge on any atom is -0.480 e. The molecule has 18 heavy (non-hydrogen) atoms. The number of aromatic nitrogens is 1. The molecule has 0 spiro atoms. The number of carbonyl (C=O) groups is 1. The fourth-order valence-corrected chi connectivity index (χ4v) is 2.57. The number of aliphatic carboxylic acids is 1. The van der Waals surface area contributed by atoms with Crippen LogP contribution >= 0.6 is 11.3 Å². The highest BCUT2D eigenvalue weighted by molar-refractivity contribution is 7.13. The number of aryl methyl sites for hydroxylation is 1. The van der Waals surface area contributed by atoms with E-state index in [4.69, 9.17) is 5.11 Å². The highest BCUT2D eigenvalue weighted by atomic mass is 32.1. The molecule has 2 rings (SSSR count). The molecule has 1 unspecified atom stereocenters. The maximum atomic E-state index is 11.0. The first-order valence-corrected chi connectivity index (χ1v) is 6.42. The Morgan fingerprint density at radius 2 is 2.28 bits per heavy atom. The Morgan fingerprint density at radius 3 is 2.89 bits per heavy atom. The average Bonchev–Trinajstić information content (AvgIpc) is 2.79. The predicted octanol–water partition coefficient (Wildman–Crippen LogP) is 2.46. The van der Waals surface area contributed by atoms with E-state index in [0.29, 0.717) is 5.69 Å². The molecule has 0 fully saturated rings. The standard InChI is InChI=1S/C13H14N2O2S/c1-8-4-3-5-9(6-8)12-15-10(7-18-12)11(14-2)13(16)17/h3-7,11,14H,1-2H3,(H,16,17). The van der Waals surface area contributed by atoms with E-state index < -0.39 is 12.0 Å². The quantitative estimate of drug-likeness (QED) is 0.888. The Labute approximate surface area is 109 Å². The maximum absolute atomic E-state index is 11.0. The molecule has 1 heterocycles. The molecule has 0 aliphatic heterocycles. The van der Waals surface area contributed by atoms with Crippen molar-refractivity contribution in [1.82, 2.24) is 10.3 Å². The normalized spacial score (nSPS) is 12.3. The molecule has 0 radical (unpaired) electrons. The summed E-state index contributed by atoms with van der Waals surface area (Å²) in [5.41, 5.74) is 2.73. The lowest BCUT2D eigenvalue weighted by molar-refractivity contribution is -0.139. The number of carboxylic acid groups (broad SMARTS) is 1. The summed E-state index contributed by atoms with van der Waals surface area (Å²) in [6.07, 6.45) is 0. The highest BCUT2D eigenvalue weighted by Crippen LogP contribution is 2.26. The predicted molar refractivity (Wildman–Crippen MR) is 71.7 cm³/mol. The van der Waals surface area contributed by atoms with Crippen LogP contribution in [0.1, 0.15) is 17.3 Å². The molecule has 1 aromatic carbocycles. The van der Waals surface area contributed by atoms with Crippen molar-refractivity contribution in [3.8, 4) is 10.6 Å². The van der Waals surface area contributed by atoms with Crippen LogP contribution in [-0.2, 0) is 4.79 Å². The van der Waals surface area contributed by atoms with E-state index >= 15 is 0 Å². The second-order valence-electron chi connectivity index (χ2n) is 4.01. The first-order chi connectivity index (χ1) is 8.61. The van der Waals surface area contributed by atoms with Gasteiger partial charge < -0.3 is 10.4 Å². The third-order valence-electron chi connectivity index (χ3n) is 2.62. The Morgan fingerprint density at radius 1 is 1.50 bits per heavy atom. The lowest BCUT2D eigenvalue weighted by Gasteiger charge is -2.06. The van der Waals surface area contributed by atoms with Gasteiger partial charge in [-0.1, -0.05) is 23.8 Å². The first-order valence-electron chi connectivity index (χ1n) is 5.54. The largest absolute Gasteiger partial charge is 0.480 e. The van der Waals surface area contributed by atoms with E-state index in [-0.39, 0.29) is 0 Å². The van der Waals surface area contributed by atoms with Crippen LogP contribution in [0, 0.1) is 6.92 Å². The molecule has 0 aliphatic carbocycles. The number of nitrogens with zero attached hydrogens (tertiary/aromatic N) is 1. The van der Waals surface area contributed by atoms with E-state index in [1.165, 1.54) is 11.3 Å². The molecular weight excluding hydrogens is 248 g/mol. The van der Waals surface area contributed by atoms with Gasteiger partial charge in [0.1, 0.15) is 11.0 Å². The summed E-state index contributed by atoms with van der Waals surface area (Å²) < 4.78 is 0. The Kier molecular flexibility index (Phi) is 3.74. The summed E-state index contributed by atoms with van der Waals surface area (Å²) in [4.78, 5) is 15.4. The van der Waals surface area contributed by atoms with Gasteiger partial charge in [0.2, 0.25) is 0 Å². The third kappa shape index (κ3) is 2.57. The van der Waals surface area contributed by atoms with E-state index in [2.05, 4.69) is 10.3 Å². The van der Waals surface area contributed by atoms with E-state index in [0.717, 1.165) is 16.1 Å². The van der Waals surface area contributed by atoms with Crippen molar-refractivity contribution in [2.75, 3.05) is 7.05 Å². The van der Waals surface area contributed by atoms with Crippen LogP contribution < -0.4 is 5.32 Å². The lowest BCUT2D eigenvalue weighted by atomic mass is 10.1. The number of benzene rings is 1. The smallest absolute Gasteiger partial charge is 0.327 e. The molecule has 1 atom stereocenters. The zero-order chi connectivity index (χ0) is 13.1. The number of carboxylic acids is 1. The van der Waals surface area contributed by atoms with Crippen molar-refractivity contribution in [2.24, 2.45) is 0 Å². The van der Waals surface area contributed by atoms with E-state index in [1.54, 1.807) is 12.4 Å². The minimum atomic E-state index is -0.918. The average molecular weight is 262 g/mol. The number of rotatable bonds is 4. The summed E-state index contributed by atoms with van der Waals surface area (Å²) in [5.74, 6) is -0.918. The van der Waals surface area contributed by atoms with Gasteiger partial charge in [-0.3, -0.25) is 4.79 Å². The van der Waals surface area contributed by atoms with Crippen LogP contribution in [0.3, 0.4) is 0 Å². The van der Waals surface area contributed by atoms with Gasteiger partial charge in [0.05, 0.1) is 5.69 Å². The monoisotopic (exact) mass is 262 g/mol.